The third-order valence-electron chi connectivity index (χ3n) is 6.24. The van der Waals surface area contributed by atoms with Gasteiger partial charge in [0, 0.05) is 30.2 Å². The fourth-order valence-corrected chi connectivity index (χ4v) is 4.39. The zero-order chi connectivity index (χ0) is 21.8. The average molecular weight is 427 g/mol. The maximum Gasteiger partial charge on any atom is 0.416 e. The molecule has 1 aliphatic heterocycles. The number of hydrogen-bond acceptors (Lipinski definition) is 2. The molecule has 0 unspecified atom stereocenters. The van der Waals surface area contributed by atoms with Gasteiger partial charge in [-0.2, -0.15) is 13.2 Å². The van der Waals surface area contributed by atoms with E-state index in [2.05, 4.69) is 16.0 Å². The third-order valence-corrected chi connectivity index (χ3v) is 6.24. The van der Waals surface area contributed by atoms with Gasteiger partial charge in [0.1, 0.15) is 0 Å². The van der Waals surface area contributed by atoms with Gasteiger partial charge in [-0.15, -0.1) is 0 Å². The molecule has 0 aliphatic carbocycles. The topological polar surface area (TPSA) is 36.0 Å². The molecule has 4 rings (SSSR count). The van der Waals surface area contributed by atoms with Crippen LogP contribution in [0.3, 0.4) is 0 Å². The van der Waals surface area contributed by atoms with Crippen LogP contribution in [0, 0.1) is 5.92 Å². The molecule has 0 saturated carbocycles. The first-order valence-electron chi connectivity index (χ1n) is 10.9. The lowest BCUT2D eigenvalue weighted by Gasteiger charge is -2.33. The van der Waals surface area contributed by atoms with Crippen LogP contribution in [0.15, 0.2) is 54.6 Å². The Morgan fingerprint density at radius 3 is 2.39 bits per heavy atom. The van der Waals surface area contributed by atoms with Gasteiger partial charge in [0.15, 0.2) is 0 Å². The van der Waals surface area contributed by atoms with Gasteiger partial charge < -0.3 is 4.90 Å². The highest BCUT2D eigenvalue weighted by Gasteiger charge is 2.29. The number of unbranched alkanes of at least 4 members (excludes halogenated alkanes) is 1. The largest absolute Gasteiger partial charge is 0.416 e. The Morgan fingerprint density at radius 2 is 1.68 bits per heavy atom. The second-order valence-corrected chi connectivity index (χ2v) is 8.40. The van der Waals surface area contributed by atoms with Gasteiger partial charge in [-0.3, -0.25) is 5.11 Å². The van der Waals surface area contributed by atoms with E-state index in [0.717, 1.165) is 61.7 Å². The number of fused-ring (bicyclic) bond motifs is 1. The summed E-state index contributed by atoms with van der Waals surface area (Å²) in [6, 6.07) is 14.9. The number of alkyl halides is 3. The van der Waals surface area contributed by atoms with E-state index in [-0.39, 0.29) is 5.88 Å². The third kappa shape index (κ3) is 5.49. The van der Waals surface area contributed by atoms with Gasteiger partial charge in [0.2, 0.25) is 0 Å². The Hall–Kier alpha value is -2.76. The second-order valence-electron chi connectivity index (χ2n) is 8.40. The molecule has 163 valence electrons. The summed E-state index contributed by atoms with van der Waals surface area (Å²) in [6.07, 6.45) is 2.13. The normalized spacial score (nSPS) is 15.5. The van der Waals surface area contributed by atoms with Crippen LogP contribution in [0.1, 0.15) is 43.2 Å². The van der Waals surface area contributed by atoms with Crippen LogP contribution in [0.2, 0.25) is 0 Å². The summed E-state index contributed by atoms with van der Waals surface area (Å²) in [5.74, 6) is 0.494. The van der Waals surface area contributed by atoms with Gasteiger partial charge in [-0.1, -0.05) is 25.0 Å². The van der Waals surface area contributed by atoms with Crippen LogP contribution in [-0.2, 0) is 17.7 Å². The van der Waals surface area contributed by atoms with Crippen molar-refractivity contribution in [3.8, 4) is 5.88 Å². The van der Waals surface area contributed by atoms with Gasteiger partial charge in [0.05, 0.1) is 11.1 Å². The van der Waals surface area contributed by atoms with Crippen molar-refractivity contribution in [1.29, 1.82) is 0 Å². The van der Waals surface area contributed by atoms with Crippen molar-refractivity contribution >= 4 is 16.6 Å². The first-order valence-corrected chi connectivity index (χ1v) is 10.9. The highest BCUT2D eigenvalue weighted by Crippen LogP contribution is 2.30. The van der Waals surface area contributed by atoms with E-state index in [1.54, 1.807) is 12.1 Å². The Morgan fingerprint density at radius 1 is 0.935 bits per heavy atom. The summed E-state index contributed by atoms with van der Waals surface area (Å²) < 4.78 is 37.9. The zero-order valence-corrected chi connectivity index (χ0v) is 17.4. The predicted octanol–water partition coefficient (Wildman–Crippen LogP) is 7.03. The number of pyridine rings is 1. The van der Waals surface area contributed by atoms with Crippen molar-refractivity contribution in [1.82, 2.24) is 4.98 Å². The lowest BCUT2D eigenvalue weighted by atomic mass is 9.90. The van der Waals surface area contributed by atoms with Crippen LogP contribution in [0.4, 0.5) is 18.9 Å². The summed E-state index contributed by atoms with van der Waals surface area (Å²) in [6.45, 7) is 2.03. The van der Waals surface area contributed by atoms with Crippen molar-refractivity contribution in [3.63, 3.8) is 0 Å². The second kappa shape index (κ2) is 9.16. The zero-order valence-electron chi connectivity index (χ0n) is 17.4. The first-order chi connectivity index (χ1) is 14.9. The molecule has 1 fully saturated rings. The number of piperidine rings is 1. The van der Waals surface area contributed by atoms with Crippen molar-refractivity contribution in [2.75, 3.05) is 18.0 Å². The van der Waals surface area contributed by atoms with Gasteiger partial charge >= 0.3 is 6.18 Å². The first kappa shape index (κ1) is 21.5. The standard InChI is InChI=1S/C25H26F3N2O/c26-25(27,28)21-8-5-18(6-9-21)3-1-2-4-19-13-15-30(16-14-19)22-10-11-23-20(17-22)7-12-24(31)29-23/h5-12,17,19H,1-4,13-16H2. The molecule has 3 nitrogen and oxygen atoms in total. The summed E-state index contributed by atoms with van der Waals surface area (Å²) in [7, 11) is 0. The summed E-state index contributed by atoms with van der Waals surface area (Å²) in [4.78, 5) is 6.42. The van der Waals surface area contributed by atoms with Gasteiger partial charge in [-0.25, -0.2) is 4.98 Å². The van der Waals surface area contributed by atoms with E-state index in [1.165, 1.54) is 30.3 Å². The number of rotatable bonds is 6. The number of hydrogen-bond donors (Lipinski definition) is 0. The molecule has 3 aromatic rings. The lowest BCUT2D eigenvalue weighted by molar-refractivity contribution is -0.137. The van der Waals surface area contributed by atoms with Crippen molar-refractivity contribution in [3.05, 3.63) is 65.7 Å². The fraction of sp³-hybridized carbons (Fsp3) is 0.400. The van der Waals surface area contributed by atoms with Crippen LogP contribution in [0.25, 0.3) is 10.9 Å². The van der Waals surface area contributed by atoms with Crippen molar-refractivity contribution < 1.29 is 18.3 Å². The molecule has 1 aliphatic rings. The minimum absolute atomic E-state index is 0.209. The monoisotopic (exact) mass is 427 g/mol. The number of aryl methyl sites for hydroxylation is 1. The van der Waals surface area contributed by atoms with E-state index in [1.807, 2.05) is 18.2 Å². The van der Waals surface area contributed by atoms with Crippen LogP contribution in [-0.4, -0.2) is 18.1 Å². The highest BCUT2D eigenvalue weighted by atomic mass is 19.4. The van der Waals surface area contributed by atoms with Crippen LogP contribution < -0.4 is 4.90 Å². The highest BCUT2D eigenvalue weighted by molar-refractivity contribution is 5.83. The Balaban J connectivity index is 1.20. The Labute approximate surface area is 180 Å². The molecule has 0 bridgehead atoms. The minimum atomic E-state index is -4.27. The maximum absolute atomic E-state index is 12.6. The SMILES string of the molecule is [O]c1ccc2cc(N3CCC(CCCCc4ccc(C(F)(F)F)cc4)CC3)ccc2n1. The molecule has 6 heteroatoms. The Bertz CT molecular complexity index is 1010. The van der Waals surface area contributed by atoms with Crippen LogP contribution >= 0.6 is 0 Å². The molecule has 1 saturated heterocycles. The molecule has 2 heterocycles. The van der Waals surface area contributed by atoms with E-state index >= 15 is 0 Å². The molecule has 31 heavy (non-hydrogen) atoms. The molecule has 0 amide bonds. The number of benzene rings is 2. The van der Waals surface area contributed by atoms with Crippen molar-refractivity contribution in [2.45, 2.75) is 44.7 Å². The van der Waals surface area contributed by atoms with Crippen molar-refractivity contribution in [2.24, 2.45) is 5.92 Å². The smallest absolute Gasteiger partial charge is 0.371 e. The van der Waals surface area contributed by atoms with Gasteiger partial charge in [0.25, 0.3) is 5.88 Å². The van der Waals surface area contributed by atoms with E-state index in [4.69, 9.17) is 0 Å². The molecule has 1 radical (unpaired) electrons. The molecule has 0 spiro atoms. The van der Waals surface area contributed by atoms with Gasteiger partial charge in [-0.05, 0) is 73.6 Å². The van der Waals surface area contributed by atoms with Crippen LogP contribution in [0.5, 0.6) is 5.88 Å². The molecular formula is C25H26F3N2O. The summed E-state index contributed by atoms with van der Waals surface area (Å²) >= 11 is 0. The molecule has 0 atom stereocenters. The molecular weight excluding hydrogens is 401 g/mol. The average Bonchev–Trinajstić information content (AvgIpc) is 2.76. The molecule has 2 aromatic carbocycles. The quantitative estimate of drug-likeness (QED) is 0.396. The van der Waals surface area contributed by atoms with E-state index in [9.17, 15) is 18.3 Å². The van der Waals surface area contributed by atoms with E-state index in [0.29, 0.717) is 5.92 Å². The maximum atomic E-state index is 12.6. The summed E-state index contributed by atoms with van der Waals surface area (Å²) in [5.41, 5.74) is 2.30. The number of aromatic nitrogens is 1. The Kier molecular flexibility index (Phi) is 6.35. The number of anilines is 1. The molecule has 1 aromatic heterocycles. The minimum Gasteiger partial charge on any atom is -0.371 e. The lowest BCUT2D eigenvalue weighted by Crippen LogP contribution is -2.33. The number of halogens is 3. The summed E-state index contributed by atoms with van der Waals surface area (Å²) in [5, 5.41) is 12.4. The number of nitrogens with zero attached hydrogens (tertiary/aromatic N) is 2. The molecule has 0 N–H and O–H groups in total. The predicted molar refractivity (Wildman–Crippen MR) is 116 cm³/mol. The fourth-order valence-electron chi connectivity index (χ4n) is 4.39. The van der Waals surface area contributed by atoms with E-state index < -0.39 is 11.7 Å².